The summed E-state index contributed by atoms with van der Waals surface area (Å²) in [5.41, 5.74) is 8.95. The van der Waals surface area contributed by atoms with Crippen molar-refractivity contribution in [1.29, 1.82) is 0 Å². The molecule has 0 atom stereocenters. The Labute approximate surface area is 121 Å². The number of nitrogens with two attached hydrogens (primary N) is 1. The van der Waals surface area contributed by atoms with Crippen LogP contribution in [0.15, 0.2) is 23.2 Å². The Hall–Kier alpha value is -1.95. The predicted molar refractivity (Wildman–Crippen MR) is 80.8 cm³/mol. The first kappa shape index (κ1) is 14.5. The highest BCUT2D eigenvalue weighted by molar-refractivity contribution is 7.99. The monoisotopic (exact) mass is 291 g/mol. The molecule has 20 heavy (non-hydrogen) atoms. The second kappa shape index (κ2) is 5.58. The van der Waals surface area contributed by atoms with E-state index in [0.717, 1.165) is 22.6 Å². The van der Waals surface area contributed by atoms with E-state index in [9.17, 15) is 9.90 Å². The van der Waals surface area contributed by atoms with E-state index in [1.807, 2.05) is 39.0 Å². The summed E-state index contributed by atoms with van der Waals surface area (Å²) >= 11 is 1.38. The summed E-state index contributed by atoms with van der Waals surface area (Å²) in [6.45, 7) is 5.87. The lowest BCUT2D eigenvalue weighted by Crippen LogP contribution is -2.07. The molecule has 0 bridgehead atoms. The number of benzene rings is 1. The molecule has 1 aromatic carbocycles. The van der Waals surface area contributed by atoms with E-state index < -0.39 is 5.97 Å². The zero-order valence-corrected chi connectivity index (χ0v) is 12.5. The van der Waals surface area contributed by atoms with Gasteiger partial charge < -0.3 is 10.8 Å². The van der Waals surface area contributed by atoms with Crippen LogP contribution < -0.4 is 5.73 Å². The molecule has 0 spiro atoms. The number of nitrogens with zero attached hydrogens (tertiary/aromatic N) is 2. The number of thioether (sulfide) groups is 1. The van der Waals surface area contributed by atoms with Crippen LogP contribution in [0.25, 0.3) is 5.69 Å². The fourth-order valence-corrected chi connectivity index (χ4v) is 2.73. The Morgan fingerprint density at radius 2 is 2.15 bits per heavy atom. The van der Waals surface area contributed by atoms with Crippen LogP contribution >= 0.6 is 11.8 Å². The number of carbonyl (C=O) groups is 1. The zero-order chi connectivity index (χ0) is 14.9. The van der Waals surface area contributed by atoms with E-state index in [-0.39, 0.29) is 11.4 Å². The molecule has 3 N–H and O–H groups in total. The number of hydrogen-bond donors (Lipinski definition) is 2. The number of rotatable bonds is 4. The molecule has 0 aliphatic carbocycles. The average Bonchev–Trinajstić information content (AvgIpc) is 2.70. The van der Waals surface area contributed by atoms with Crippen LogP contribution in [0.1, 0.15) is 28.4 Å². The summed E-state index contributed by atoms with van der Waals surface area (Å²) in [6, 6.07) is 5.92. The van der Waals surface area contributed by atoms with Crippen molar-refractivity contribution in [3.05, 3.63) is 34.9 Å². The number of aryl methyl sites for hydroxylation is 2. The Morgan fingerprint density at radius 3 is 2.75 bits per heavy atom. The number of aromatic nitrogens is 2. The molecule has 0 saturated carbocycles. The number of anilines is 1. The van der Waals surface area contributed by atoms with Gasteiger partial charge in [-0.25, -0.2) is 9.48 Å². The van der Waals surface area contributed by atoms with E-state index in [0.29, 0.717) is 5.03 Å². The molecular weight excluding hydrogens is 274 g/mol. The number of nitrogen functional groups attached to an aromatic ring is 1. The molecule has 1 aromatic heterocycles. The normalized spacial score (nSPS) is 10.8. The third-order valence-electron chi connectivity index (χ3n) is 2.98. The highest BCUT2D eigenvalue weighted by Crippen LogP contribution is 2.29. The van der Waals surface area contributed by atoms with E-state index in [1.165, 1.54) is 16.4 Å². The lowest BCUT2D eigenvalue weighted by molar-refractivity contribution is 0.0694. The van der Waals surface area contributed by atoms with Crippen LogP contribution in [0, 0.1) is 13.8 Å². The van der Waals surface area contributed by atoms with Gasteiger partial charge in [-0.05, 0) is 36.8 Å². The van der Waals surface area contributed by atoms with Gasteiger partial charge in [0.15, 0.2) is 0 Å². The molecule has 6 heteroatoms. The maximum absolute atomic E-state index is 11.4. The molecule has 0 aliphatic rings. The van der Waals surface area contributed by atoms with Crippen molar-refractivity contribution in [3.8, 4) is 5.69 Å². The number of aromatic carboxylic acids is 1. The molecule has 0 radical (unpaired) electrons. The van der Waals surface area contributed by atoms with Gasteiger partial charge >= 0.3 is 5.97 Å². The predicted octanol–water partition coefficient (Wildman–Crippen LogP) is 2.88. The maximum atomic E-state index is 11.4. The van der Waals surface area contributed by atoms with Gasteiger partial charge in [0.2, 0.25) is 0 Å². The second-order valence-electron chi connectivity index (χ2n) is 4.51. The number of carboxylic acid groups (broad SMARTS) is 1. The average molecular weight is 291 g/mol. The van der Waals surface area contributed by atoms with Crippen molar-refractivity contribution < 1.29 is 9.90 Å². The minimum Gasteiger partial charge on any atom is -0.477 e. The fourth-order valence-electron chi connectivity index (χ4n) is 1.98. The fraction of sp³-hybridized carbons (Fsp3) is 0.286. The Bertz CT molecular complexity index is 665. The van der Waals surface area contributed by atoms with E-state index in [4.69, 9.17) is 5.73 Å². The molecular formula is C14H17N3O2S. The van der Waals surface area contributed by atoms with Gasteiger partial charge in [-0.15, -0.1) is 11.8 Å². The minimum atomic E-state index is -1.05. The largest absolute Gasteiger partial charge is 0.477 e. The standard InChI is InChI=1S/C14H17N3O2S/c1-4-20-13-11(14(18)19)12(15)17(16-13)10-7-8(2)5-6-9(10)3/h5-7H,4,15H2,1-3H3,(H,18,19). The van der Waals surface area contributed by atoms with Gasteiger partial charge in [0.05, 0.1) is 5.69 Å². The molecule has 5 nitrogen and oxygen atoms in total. The minimum absolute atomic E-state index is 0.0813. The van der Waals surface area contributed by atoms with Crippen molar-refractivity contribution in [3.63, 3.8) is 0 Å². The Balaban J connectivity index is 2.66. The molecule has 2 aromatic rings. The van der Waals surface area contributed by atoms with Crippen LogP contribution in [0.2, 0.25) is 0 Å². The van der Waals surface area contributed by atoms with Gasteiger partial charge in [-0.2, -0.15) is 5.10 Å². The smallest absolute Gasteiger partial charge is 0.342 e. The van der Waals surface area contributed by atoms with Crippen molar-refractivity contribution in [2.24, 2.45) is 0 Å². The summed E-state index contributed by atoms with van der Waals surface area (Å²) in [6.07, 6.45) is 0. The van der Waals surface area contributed by atoms with Crippen molar-refractivity contribution in [1.82, 2.24) is 9.78 Å². The van der Waals surface area contributed by atoms with Crippen LogP contribution in [0.3, 0.4) is 0 Å². The topological polar surface area (TPSA) is 81.1 Å². The molecule has 106 valence electrons. The highest BCUT2D eigenvalue weighted by Gasteiger charge is 2.23. The van der Waals surface area contributed by atoms with Crippen LogP contribution in [-0.2, 0) is 0 Å². The summed E-state index contributed by atoms with van der Waals surface area (Å²) in [5, 5.41) is 14.1. The summed E-state index contributed by atoms with van der Waals surface area (Å²) in [5.74, 6) is -0.138. The molecule has 0 saturated heterocycles. The maximum Gasteiger partial charge on any atom is 0.342 e. The van der Waals surface area contributed by atoms with Crippen molar-refractivity contribution in [2.45, 2.75) is 25.8 Å². The van der Waals surface area contributed by atoms with Gasteiger partial charge in [0.25, 0.3) is 0 Å². The van der Waals surface area contributed by atoms with Crippen LogP contribution in [0.5, 0.6) is 0 Å². The van der Waals surface area contributed by atoms with Crippen molar-refractivity contribution in [2.75, 3.05) is 11.5 Å². The molecule has 2 rings (SSSR count). The quantitative estimate of drug-likeness (QED) is 0.847. The Morgan fingerprint density at radius 1 is 1.45 bits per heavy atom. The van der Waals surface area contributed by atoms with Crippen LogP contribution in [0.4, 0.5) is 5.82 Å². The molecule has 1 heterocycles. The van der Waals surface area contributed by atoms with E-state index in [1.54, 1.807) is 0 Å². The lowest BCUT2D eigenvalue weighted by Gasteiger charge is -2.08. The van der Waals surface area contributed by atoms with E-state index >= 15 is 0 Å². The third kappa shape index (κ3) is 2.51. The highest BCUT2D eigenvalue weighted by atomic mass is 32.2. The zero-order valence-electron chi connectivity index (χ0n) is 11.7. The SMILES string of the molecule is CCSc1nn(-c2cc(C)ccc2C)c(N)c1C(=O)O. The Kier molecular flexibility index (Phi) is 4.04. The first-order valence-electron chi connectivity index (χ1n) is 6.28. The second-order valence-corrected chi connectivity index (χ2v) is 5.76. The van der Waals surface area contributed by atoms with Gasteiger partial charge in [0.1, 0.15) is 16.4 Å². The van der Waals surface area contributed by atoms with Crippen molar-refractivity contribution >= 4 is 23.5 Å². The molecule has 0 aliphatic heterocycles. The molecule has 0 amide bonds. The first-order valence-corrected chi connectivity index (χ1v) is 7.26. The summed E-state index contributed by atoms with van der Waals surface area (Å²) in [4.78, 5) is 11.4. The number of hydrogen-bond acceptors (Lipinski definition) is 4. The van der Waals surface area contributed by atoms with Gasteiger partial charge in [-0.1, -0.05) is 19.1 Å². The van der Waals surface area contributed by atoms with Crippen LogP contribution in [-0.4, -0.2) is 26.6 Å². The lowest BCUT2D eigenvalue weighted by atomic mass is 10.1. The summed E-state index contributed by atoms with van der Waals surface area (Å²) < 4.78 is 1.52. The third-order valence-corrected chi connectivity index (χ3v) is 3.82. The molecule has 0 fully saturated rings. The summed E-state index contributed by atoms with van der Waals surface area (Å²) in [7, 11) is 0. The van der Waals surface area contributed by atoms with E-state index in [2.05, 4.69) is 5.10 Å². The van der Waals surface area contributed by atoms with Gasteiger partial charge in [0, 0.05) is 0 Å². The molecule has 0 unspecified atom stereocenters. The number of carboxylic acids is 1. The van der Waals surface area contributed by atoms with Gasteiger partial charge in [-0.3, -0.25) is 0 Å². The first-order chi connectivity index (χ1) is 9.45.